The van der Waals surface area contributed by atoms with E-state index in [4.69, 9.17) is 20.3 Å². The fraction of sp³-hybridized carbons (Fsp3) is 0.857. The van der Waals surface area contributed by atoms with Gasteiger partial charge >= 0.3 is 0 Å². The summed E-state index contributed by atoms with van der Waals surface area (Å²) in [5.74, 6) is 2.02. The lowest BCUT2D eigenvalue weighted by atomic mass is 10.2. The van der Waals surface area contributed by atoms with E-state index in [0.717, 1.165) is 0 Å². The molecule has 18 heavy (non-hydrogen) atoms. The summed E-state index contributed by atoms with van der Waals surface area (Å²) < 4.78 is 17.6. The van der Waals surface area contributed by atoms with Crippen LogP contribution in [0.15, 0.2) is 0 Å². The number of hydrogen-bond donors (Lipinski definition) is 0. The summed E-state index contributed by atoms with van der Waals surface area (Å²) in [4.78, 5) is 0. The number of rotatable bonds is 3. The molecule has 0 radical (unpaired) electrons. The average Bonchev–Trinajstić information content (AvgIpc) is 2.48. The van der Waals surface area contributed by atoms with E-state index in [9.17, 15) is 0 Å². The van der Waals surface area contributed by atoms with E-state index in [0.29, 0.717) is 6.61 Å². The largest absolute Gasteiger partial charge is 0.414 e. The van der Waals surface area contributed by atoms with Crippen LogP contribution in [0.4, 0.5) is 0 Å². The molecule has 3 nitrogen and oxygen atoms in total. The van der Waals surface area contributed by atoms with Crippen molar-refractivity contribution >= 4 is 8.32 Å². The Balaban J connectivity index is 2.62. The first-order valence-corrected chi connectivity index (χ1v) is 9.35. The molecule has 1 aliphatic heterocycles. The lowest BCUT2D eigenvalue weighted by Gasteiger charge is -2.37. The fourth-order valence-corrected chi connectivity index (χ4v) is 2.62. The molecule has 0 spiro atoms. The fourth-order valence-electron chi connectivity index (χ4n) is 1.61. The Hall–Kier alpha value is -0.343. The van der Waals surface area contributed by atoms with Gasteiger partial charge in [0.15, 0.2) is 14.1 Å². The highest BCUT2D eigenvalue weighted by atomic mass is 28.4. The molecule has 0 aliphatic carbocycles. The van der Waals surface area contributed by atoms with Crippen LogP contribution in [-0.2, 0) is 13.9 Å². The lowest BCUT2D eigenvalue weighted by Crippen LogP contribution is -2.43. The molecule has 4 heteroatoms. The second-order valence-corrected chi connectivity index (χ2v) is 11.6. The molecule has 0 amide bonds. The Bertz CT molecular complexity index is 336. The molecule has 0 unspecified atom stereocenters. The predicted octanol–water partition coefficient (Wildman–Crippen LogP) is 3.16. The standard InChI is InChI=1S/C14H26O3Si/c1-9-11-12(17-14(5,6)16-11)10-15-18(7,8)13(2,3)4/h1,11-12H,10H2,2-8H3/t11-,12-/m1/s1. The Morgan fingerprint density at radius 1 is 1.28 bits per heavy atom. The van der Waals surface area contributed by atoms with Crippen molar-refractivity contribution in [1.29, 1.82) is 0 Å². The summed E-state index contributed by atoms with van der Waals surface area (Å²) in [6, 6.07) is 0. The third kappa shape index (κ3) is 3.58. The lowest BCUT2D eigenvalue weighted by molar-refractivity contribution is -0.145. The number of hydrogen-bond acceptors (Lipinski definition) is 3. The molecule has 0 bridgehead atoms. The van der Waals surface area contributed by atoms with E-state index in [1.54, 1.807) is 0 Å². The SMILES string of the molecule is C#C[C@H]1OC(C)(C)O[C@@H]1CO[Si](C)(C)C(C)(C)C. The summed E-state index contributed by atoms with van der Waals surface area (Å²) in [5.41, 5.74) is 0. The van der Waals surface area contributed by atoms with Crippen LogP contribution in [0.2, 0.25) is 18.1 Å². The van der Waals surface area contributed by atoms with Crippen molar-refractivity contribution in [3.8, 4) is 12.3 Å². The molecule has 1 heterocycles. The molecular weight excluding hydrogens is 244 g/mol. The maximum absolute atomic E-state index is 6.14. The van der Waals surface area contributed by atoms with E-state index in [-0.39, 0.29) is 17.2 Å². The van der Waals surface area contributed by atoms with Gasteiger partial charge in [-0.05, 0) is 32.0 Å². The summed E-state index contributed by atoms with van der Waals surface area (Å²) in [7, 11) is -1.77. The highest BCUT2D eigenvalue weighted by Gasteiger charge is 2.43. The van der Waals surface area contributed by atoms with E-state index < -0.39 is 14.1 Å². The second-order valence-electron chi connectivity index (χ2n) is 6.83. The van der Waals surface area contributed by atoms with Gasteiger partial charge in [-0.15, -0.1) is 6.42 Å². The molecule has 1 aliphatic rings. The van der Waals surface area contributed by atoms with Crippen LogP contribution in [0, 0.1) is 12.3 Å². The molecule has 0 aromatic carbocycles. The smallest absolute Gasteiger partial charge is 0.192 e. The van der Waals surface area contributed by atoms with Gasteiger partial charge in [-0.1, -0.05) is 26.7 Å². The van der Waals surface area contributed by atoms with Crippen LogP contribution in [0.5, 0.6) is 0 Å². The summed E-state index contributed by atoms with van der Waals surface area (Å²) >= 11 is 0. The summed E-state index contributed by atoms with van der Waals surface area (Å²) in [5, 5.41) is 0.188. The van der Waals surface area contributed by atoms with Gasteiger partial charge in [0.05, 0.1) is 6.61 Å². The van der Waals surface area contributed by atoms with Gasteiger partial charge in [0.2, 0.25) is 0 Å². The first kappa shape index (κ1) is 15.7. The van der Waals surface area contributed by atoms with Crippen LogP contribution in [0.3, 0.4) is 0 Å². The van der Waals surface area contributed by atoms with Crippen LogP contribution in [0.25, 0.3) is 0 Å². The first-order chi connectivity index (χ1) is 7.98. The molecule has 0 N–H and O–H groups in total. The molecule has 0 aromatic rings. The zero-order chi connectivity index (χ0) is 14.2. The zero-order valence-electron chi connectivity index (χ0n) is 12.7. The monoisotopic (exact) mass is 270 g/mol. The third-order valence-corrected chi connectivity index (χ3v) is 8.26. The van der Waals surface area contributed by atoms with Crippen molar-refractivity contribution < 1.29 is 13.9 Å². The molecule has 104 valence electrons. The van der Waals surface area contributed by atoms with Crippen LogP contribution >= 0.6 is 0 Å². The zero-order valence-corrected chi connectivity index (χ0v) is 13.7. The van der Waals surface area contributed by atoms with Gasteiger partial charge in [0, 0.05) is 0 Å². The third-order valence-electron chi connectivity index (χ3n) is 3.76. The van der Waals surface area contributed by atoms with Crippen LogP contribution in [-0.4, -0.2) is 32.9 Å². The minimum Gasteiger partial charge on any atom is -0.414 e. The second kappa shape index (κ2) is 4.97. The van der Waals surface area contributed by atoms with Crippen LogP contribution < -0.4 is 0 Å². The van der Waals surface area contributed by atoms with Gasteiger partial charge in [-0.2, -0.15) is 0 Å². The van der Waals surface area contributed by atoms with E-state index in [1.165, 1.54) is 0 Å². The predicted molar refractivity (Wildman–Crippen MR) is 75.8 cm³/mol. The first-order valence-electron chi connectivity index (χ1n) is 6.44. The van der Waals surface area contributed by atoms with Gasteiger partial charge in [0.1, 0.15) is 12.2 Å². The van der Waals surface area contributed by atoms with Crippen molar-refractivity contribution in [1.82, 2.24) is 0 Å². The van der Waals surface area contributed by atoms with E-state index in [1.807, 2.05) is 13.8 Å². The Labute approximate surface area is 112 Å². The maximum atomic E-state index is 6.14. The molecule has 1 saturated heterocycles. The minimum absolute atomic E-state index is 0.167. The molecule has 2 atom stereocenters. The van der Waals surface area contributed by atoms with Crippen molar-refractivity contribution in [2.24, 2.45) is 0 Å². The van der Waals surface area contributed by atoms with Gasteiger partial charge in [0.25, 0.3) is 0 Å². The quantitative estimate of drug-likeness (QED) is 0.582. The Morgan fingerprint density at radius 3 is 2.28 bits per heavy atom. The van der Waals surface area contributed by atoms with E-state index in [2.05, 4.69) is 39.8 Å². The highest BCUT2D eigenvalue weighted by Crippen LogP contribution is 2.37. The topological polar surface area (TPSA) is 27.7 Å². The summed E-state index contributed by atoms with van der Waals surface area (Å²) in [6.07, 6.45) is 4.99. The highest BCUT2D eigenvalue weighted by molar-refractivity contribution is 6.74. The van der Waals surface area contributed by atoms with Gasteiger partial charge < -0.3 is 13.9 Å². The molecule has 1 rings (SSSR count). The number of terminal acetylenes is 1. The normalized spacial score (nSPS) is 28.1. The molecule has 0 aromatic heterocycles. The van der Waals surface area contributed by atoms with Crippen molar-refractivity contribution in [2.75, 3.05) is 6.61 Å². The Morgan fingerprint density at radius 2 is 1.83 bits per heavy atom. The molecule has 1 fully saturated rings. The average molecular weight is 270 g/mol. The molecular formula is C14H26O3Si. The van der Waals surface area contributed by atoms with Crippen molar-refractivity contribution in [3.05, 3.63) is 0 Å². The van der Waals surface area contributed by atoms with Crippen molar-refractivity contribution in [3.63, 3.8) is 0 Å². The molecule has 0 saturated carbocycles. The van der Waals surface area contributed by atoms with Crippen LogP contribution in [0.1, 0.15) is 34.6 Å². The maximum Gasteiger partial charge on any atom is 0.192 e. The Kier molecular flexibility index (Phi) is 4.34. The van der Waals surface area contributed by atoms with Gasteiger partial charge in [-0.3, -0.25) is 0 Å². The number of ether oxygens (including phenoxy) is 2. The van der Waals surface area contributed by atoms with Gasteiger partial charge in [-0.25, -0.2) is 0 Å². The summed E-state index contributed by atoms with van der Waals surface area (Å²) in [6.45, 7) is 15.4. The minimum atomic E-state index is -1.77. The van der Waals surface area contributed by atoms with Crippen molar-refractivity contribution in [2.45, 2.75) is 70.7 Å². The van der Waals surface area contributed by atoms with E-state index >= 15 is 0 Å².